The Morgan fingerprint density at radius 3 is 2.31 bits per heavy atom. The van der Waals surface area contributed by atoms with Crippen molar-refractivity contribution >= 4 is 16.9 Å². The number of hydrogen-bond donors (Lipinski definition) is 2. The summed E-state index contributed by atoms with van der Waals surface area (Å²) in [5.74, 6) is -0.0581. The molecular weight excluding hydrogens is 460 g/mol. The summed E-state index contributed by atoms with van der Waals surface area (Å²) in [5.41, 5.74) is 1.85. The Bertz CT molecular complexity index is 1420. The maximum atomic E-state index is 13.4. The van der Waals surface area contributed by atoms with Crippen LogP contribution in [-0.2, 0) is 9.53 Å². The van der Waals surface area contributed by atoms with Gasteiger partial charge in [0.25, 0.3) is 0 Å². The minimum atomic E-state index is -0.636. The van der Waals surface area contributed by atoms with Crippen LogP contribution in [0.4, 0.5) is 0 Å². The molecule has 0 radical (unpaired) electrons. The third-order valence-electron chi connectivity index (χ3n) is 5.95. The van der Waals surface area contributed by atoms with Crippen LogP contribution in [0.3, 0.4) is 0 Å². The van der Waals surface area contributed by atoms with Crippen molar-refractivity contribution in [3.8, 4) is 28.4 Å². The van der Waals surface area contributed by atoms with Crippen LogP contribution in [0.1, 0.15) is 37.3 Å². The average molecular weight is 489 g/mol. The van der Waals surface area contributed by atoms with Crippen molar-refractivity contribution in [1.29, 1.82) is 0 Å². The van der Waals surface area contributed by atoms with Gasteiger partial charge < -0.3 is 24.1 Å². The molecular formula is C29H28O7. The Balaban J connectivity index is 1.83. The lowest BCUT2D eigenvalue weighted by Crippen LogP contribution is -2.13. The first-order valence-corrected chi connectivity index (χ1v) is 11.6. The summed E-state index contributed by atoms with van der Waals surface area (Å²) in [7, 11) is 1.30. The summed E-state index contributed by atoms with van der Waals surface area (Å²) < 4.78 is 16.6. The zero-order valence-electron chi connectivity index (χ0n) is 20.4. The molecule has 4 rings (SSSR count). The van der Waals surface area contributed by atoms with Crippen molar-refractivity contribution in [2.45, 2.75) is 26.2 Å². The van der Waals surface area contributed by atoms with Crippen molar-refractivity contribution in [1.82, 2.24) is 0 Å². The number of hydrogen-bond acceptors (Lipinski definition) is 7. The van der Waals surface area contributed by atoms with Gasteiger partial charge in [-0.15, -0.1) is 0 Å². The molecule has 0 fully saturated rings. The molecule has 186 valence electrons. The van der Waals surface area contributed by atoms with E-state index >= 15 is 0 Å². The Hall–Kier alpha value is -4.26. The predicted molar refractivity (Wildman–Crippen MR) is 137 cm³/mol. The third kappa shape index (κ3) is 5.20. The van der Waals surface area contributed by atoms with E-state index in [2.05, 4.69) is 13.8 Å². The fraction of sp³-hybridized carbons (Fsp3) is 0.241. The molecule has 3 aromatic carbocycles. The summed E-state index contributed by atoms with van der Waals surface area (Å²) in [4.78, 5) is 25.7. The number of methoxy groups -OCH3 is 1. The first kappa shape index (κ1) is 24.9. The molecule has 1 atom stereocenters. The summed E-state index contributed by atoms with van der Waals surface area (Å²) in [5, 5.41) is 20.7. The van der Waals surface area contributed by atoms with Crippen LogP contribution in [0.5, 0.6) is 17.2 Å². The van der Waals surface area contributed by atoms with E-state index in [9.17, 15) is 19.8 Å². The Morgan fingerprint density at radius 1 is 0.972 bits per heavy atom. The normalized spacial score (nSPS) is 12.0. The van der Waals surface area contributed by atoms with Crippen LogP contribution in [-0.4, -0.2) is 29.9 Å². The highest BCUT2D eigenvalue weighted by atomic mass is 16.5. The molecule has 1 aromatic heterocycles. The van der Waals surface area contributed by atoms with Crippen molar-refractivity contribution in [2.24, 2.45) is 5.92 Å². The molecule has 0 bridgehead atoms. The Morgan fingerprint density at radius 2 is 1.67 bits per heavy atom. The molecule has 0 saturated heterocycles. The maximum absolute atomic E-state index is 13.4. The largest absolute Gasteiger partial charge is 0.508 e. The fourth-order valence-electron chi connectivity index (χ4n) is 4.08. The molecule has 0 saturated carbocycles. The Labute approximate surface area is 208 Å². The second kappa shape index (κ2) is 10.6. The van der Waals surface area contributed by atoms with E-state index in [1.54, 1.807) is 12.1 Å². The van der Waals surface area contributed by atoms with E-state index in [0.29, 0.717) is 35.0 Å². The minimum absolute atomic E-state index is 0.0706. The Kier molecular flexibility index (Phi) is 7.29. The smallest absolute Gasteiger partial charge is 0.306 e. The third-order valence-corrected chi connectivity index (χ3v) is 5.95. The number of aromatic hydroxyl groups is 2. The average Bonchev–Trinajstić information content (AvgIpc) is 2.87. The maximum Gasteiger partial charge on any atom is 0.306 e. The van der Waals surface area contributed by atoms with Crippen LogP contribution in [0, 0.1) is 5.92 Å². The number of carbonyl (C=O) groups is 1. The van der Waals surface area contributed by atoms with Crippen molar-refractivity contribution in [3.63, 3.8) is 0 Å². The van der Waals surface area contributed by atoms with Crippen LogP contribution >= 0.6 is 0 Å². The number of rotatable bonds is 8. The number of fused-ring (bicyclic) bond motifs is 1. The highest BCUT2D eigenvalue weighted by Crippen LogP contribution is 2.39. The number of ether oxygens (including phenoxy) is 2. The number of phenolic OH excluding ortho intramolecular Hbond substituents is 2. The molecule has 0 unspecified atom stereocenters. The summed E-state index contributed by atoms with van der Waals surface area (Å²) in [6, 6.07) is 16.4. The molecule has 0 aliphatic rings. The molecule has 0 amide bonds. The number of phenols is 2. The van der Waals surface area contributed by atoms with Gasteiger partial charge in [0, 0.05) is 11.5 Å². The van der Waals surface area contributed by atoms with Crippen LogP contribution in [0.25, 0.3) is 22.1 Å². The summed E-state index contributed by atoms with van der Waals surface area (Å²) in [6.45, 7) is 4.69. The monoisotopic (exact) mass is 488 g/mol. The van der Waals surface area contributed by atoms with Gasteiger partial charge in [0.1, 0.15) is 29.1 Å². The molecule has 0 spiro atoms. The van der Waals surface area contributed by atoms with Crippen LogP contribution < -0.4 is 10.2 Å². The molecule has 1 heterocycles. The van der Waals surface area contributed by atoms with Gasteiger partial charge in [0.05, 0.1) is 31.1 Å². The first-order chi connectivity index (χ1) is 17.3. The summed E-state index contributed by atoms with van der Waals surface area (Å²) in [6.07, 6.45) is 1.26. The zero-order valence-corrected chi connectivity index (χ0v) is 20.4. The van der Waals surface area contributed by atoms with E-state index in [1.807, 2.05) is 24.3 Å². The highest BCUT2D eigenvalue weighted by molar-refractivity contribution is 5.87. The van der Waals surface area contributed by atoms with Crippen molar-refractivity contribution in [3.05, 3.63) is 88.3 Å². The molecule has 4 aromatic rings. The topological polar surface area (TPSA) is 106 Å². The van der Waals surface area contributed by atoms with Gasteiger partial charge in [-0.3, -0.25) is 9.59 Å². The SMILES string of the molecule is COC(=O)C[C@@H](c1ccc(OCC(C)C)cc1)c1c(O)ccc2c(=O)c(-c3ccc(O)cc3)coc12. The second-order valence-electron chi connectivity index (χ2n) is 9.01. The van der Waals surface area contributed by atoms with Gasteiger partial charge in [0.15, 0.2) is 0 Å². The second-order valence-corrected chi connectivity index (χ2v) is 9.01. The predicted octanol–water partition coefficient (Wildman–Crippen LogP) is 5.60. The van der Waals surface area contributed by atoms with Gasteiger partial charge in [0.2, 0.25) is 5.43 Å². The van der Waals surface area contributed by atoms with Gasteiger partial charge in [-0.05, 0) is 53.4 Å². The number of esters is 1. The van der Waals surface area contributed by atoms with Crippen molar-refractivity contribution in [2.75, 3.05) is 13.7 Å². The van der Waals surface area contributed by atoms with E-state index in [-0.39, 0.29) is 34.3 Å². The lowest BCUT2D eigenvalue weighted by atomic mass is 9.86. The van der Waals surface area contributed by atoms with E-state index in [0.717, 1.165) is 5.56 Å². The number of carbonyl (C=O) groups excluding carboxylic acids is 1. The minimum Gasteiger partial charge on any atom is -0.508 e. The quantitative estimate of drug-likeness (QED) is 0.311. The molecule has 36 heavy (non-hydrogen) atoms. The lowest BCUT2D eigenvalue weighted by molar-refractivity contribution is -0.140. The number of benzene rings is 3. The van der Waals surface area contributed by atoms with Gasteiger partial charge >= 0.3 is 5.97 Å². The van der Waals surface area contributed by atoms with Gasteiger partial charge in [-0.1, -0.05) is 38.1 Å². The fourth-order valence-corrected chi connectivity index (χ4v) is 4.08. The zero-order chi connectivity index (χ0) is 25.8. The van der Waals surface area contributed by atoms with Crippen LogP contribution in [0.15, 0.2) is 76.1 Å². The standard InChI is InChI=1S/C29H28O7/c1-17(2)15-35-21-10-6-18(7-11-21)23(14-26(32)34-3)27-25(31)13-12-22-28(33)24(16-36-29(22)27)19-4-8-20(30)9-5-19/h4-13,16-17,23,30-31H,14-15H2,1-3H3/t23-/m0/s1. The molecule has 7 heteroatoms. The van der Waals surface area contributed by atoms with E-state index < -0.39 is 11.9 Å². The van der Waals surface area contributed by atoms with Gasteiger partial charge in [-0.25, -0.2) is 0 Å². The highest BCUT2D eigenvalue weighted by Gasteiger charge is 2.26. The van der Waals surface area contributed by atoms with E-state index in [1.165, 1.54) is 37.6 Å². The summed E-state index contributed by atoms with van der Waals surface area (Å²) >= 11 is 0. The van der Waals surface area contributed by atoms with E-state index in [4.69, 9.17) is 13.9 Å². The molecule has 0 aliphatic heterocycles. The van der Waals surface area contributed by atoms with Crippen molar-refractivity contribution < 1.29 is 28.9 Å². The lowest BCUT2D eigenvalue weighted by Gasteiger charge is -2.20. The molecule has 7 nitrogen and oxygen atoms in total. The first-order valence-electron chi connectivity index (χ1n) is 11.6. The molecule has 0 aliphatic carbocycles. The van der Waals surface area contributed by atoms with Crippen LogP contribution in [0.2, 0.25) is 0 Å². The molecule has 2 N–H and O–H groups in total. The van der Waals surface area contributed by atoms with Gasteiger partial charge in [-0.2, -0.15) is 0 Å².